The molecule has 0 saturated carbocycles. The van der Waals surface area contributed by atoms with Crippen LogP contribution >= 0.6 is 0 Å². The molecule has 1 aliphatic rings. The van der Waals surface area contributed by atoms with E-state index in [1.807, 2.05) is 0 Å². The quantitative estimate of drug-likeness (QED) is 0.321. The van der Waals surface area contributed by atoms with E-state index in [2.05, 4.69) is 0 Å². The Kier molecular flexibility index (Phi) is 18.6. The molecule has 0 spiro atoms. The van der Waals surface area contributed by atoms with Crippen molar-refractivity contribution in [3.8, 4) is 0 Å². The summed E-state index contributed by atoms with van der Waals surface area (Å²) in [7, 11) is 0.00849. The number of nitrogens with one attached hydrogen (secondary N) is 2. The van der Waals surface area contributed by atoms with E-state index in [9.17, 15) is 0 Å². The number of isocyanates is 2. The van der Waals surface area contributed by atoms with Gasteiger partial charge in [-0.1, -0.05) is 6.42 Å². The molecule has 1 saturated heterocycles. The first-order valence-electron chi connectivity index (χ1n) is 3.49. The number of hydrogen-bond acceptors (Lipinski definition) is 5. The smallest absolute Gasteiger partial charge is 0.231 e. The second-order valence-corrected chi connectivity index (χ2v) is 3.40. The molecule has 0 unspecified atom stereocenters. The summed E-state index contributed by atoms with van der Waals surface area (Å²) in [5.74, 6) is 0. The standard InChI is InChI=1S/C4H10OSi.2CHNO/c1-2-4-6-5-3-1;2*2-1-3/h1-4,6H2;2*2H. The summed E-state index contributed by atoms with van der Waals surface area (Å²) in [5, 5.41) is 10.8. The third-order valence-corrected chi connectivity index (χ3v) is 2.44. The summed E-state index contributed by atoms with van der Waals surface area (Å²) in [6.07, 6.45) is 4.25. The molecule has 0 amide bonds. The molecule has 0 radical (unpaired) electrons. The highest BCUT2D eigenvalue weighted by Gasteiger charge is 1.96. The van der Waals surface area contributed by atoms with Gasteiger partial charge in [-0.2, -0.15) is 0 Å². The molecular formula is C6H12N2O3Si. The Morgan fingerprint density at radius 3 is 1.75 bits per heavy atom. The summed E-state index contributed by atoms with van der Waals surface area (Å²) < 4.78 is 5.21. The summed E-state index contributed by atoms with van der Waals surface area (Å²) in [6, 6.07) is 1.42. The molecule has 0 aliphatic carbocycles. The minimum Gasteiger partial charge on any atom is -0.424 e. The van der Waals surface area contributed by atoms with E-state index in [1.54, 1.807) is 0 Å². The zero-order valence-electron chi connectivity index (χ0n) is 6.76. The average Bonchev–Trinajstić information content (AvgIpc) is 2.10. The maximum Gasteiger partial charge on any atom is 0.231 e. The van der Waals surface area contributed by atoms with Gasteiger partial charge in [-0.3, -0.25) is 0 Å². The Balaban J connectivity index is 0. The van der Waals surface area contributed by atoms with Crippen molar-refractivity contribution < 1.29 is 14.0 Å². The van der Waals surface area contributed by atoms with Crippen LogP contribution in [0.1, 0.15) is 12.8 Å². The predicted octanol–water partition coefficient (Wildman–Crippen LogP) is 0.101. The van der Waals surface area contributed by atoms with Crippen molar-refractivity contribution >= 4 is 21.9 Å². The van der Waals surface area contributed by atoms with Crippen LogP contribution in [0.3, 0.4) is 0 Å². The second-order valence-electron chi connectivity index (χ2n) is 1.88. The van der Waals surface area contributed by atoms with Gasteiger partial charge < -0.3 is 4.43 Å². The Bertz CT molecular complexity index is 123. The van der Waals surface area contributed by atoms with Crippen molar-refractivity contribution in [2.24, 2.45) is 0 Å². The second kappa shape index (κ2) is 16.5. The van der Waals surface area contributed by atoms with E-state index < -0.39 is 0 Å². The van der Waals surface area contributed by atoms with Crippen LogP contribution in [0.5, 0.6) is 0 Å². The third-order valence-electron chi connectivity index (χ3n) is 1.08. The molecule has 12 heavy (non-hydrogen) atoms. The van der Waals surface area contributed by atoms with Crippen molar-refractivity contribution in [1.29, 1.82) is 10.8 Å². The third kappa shape index (κ3) is 23.1. The summed E-state index contributed by atoms with van der Waals surface area (Å²) in [5.41, 5.74) is 0. The Labute approximate surface area is 73.1 Å². The van der Waals surface area contributed by atoms with Gasteiger partial charge in [-0.05, 0) is 12.5 Å². The largest absolute Gasteiger partial charge is 0.424 e. The van der Waals surface area contributed by atoms with E-state index in [4.69, 9.17) is 24.8 Å². The zero-order chi connectivity index (χ0) is 9.66. The molecular weight excluding hydrogens is 176 g/mol. The Morgan fingerprint density at radius 1 is 1.17 bits per heavy atom. The van der Waals surface area contributed by atoms with Crippen molar-refractivity contribution in [3.05, 3.63) is 0 Å². The molecule has 0 bridgehead atoms. The lowest BCUT2D eigenvalue weighted by atomic mass is 10.4. The van der Waals surface area contributed by atoms with E-state index in [-0.39, 0.29) is 9.76 Å². The highest BCUT2D eigenvalue weighted by atomic mass is 28.2. The van der Waals surface area contributed by atoms with E-state index in [1.165, 1.54) is 18.9 Å². The van der Waals surface area contributed by atoms with Gasteiger partial charge in [0.1, 0.15) is 0 Å². The van der Waals surface area contributed by atoms with Crippen LogP contribution in [0.15, 0.2) is 0 Å². The molecule has 6 heteroatoms. The average molecular weight is 188 g/mol. The fraction of sp³-hybridized carbons (Fsp3) is 0.667. The molecule has 2 N–H and O–H groups in total. The number of rotatable bonds is 0. The summed E-state index contributed by atoms with van der Waals surface area (Å²) in [6.45, 7) is 1.06. The minimum atomic E-state index is 0.00849. The van der Waals surface area contributed by atoms with Gasteiger partial charge in [0.2, 0.25) is 12.2 Å². The first kappa shape index (κ1) is 13.5. The topological polar surface area (TPSA) is 91.1 Å². The van der Waals surface area contributed by atoms with Crippen molar-refractivity contribution in [1.82, 2.24) is 0 Å². The van der Waals surface area contributed by atoms with Gasteiger partial charge in [0.15, 0.2) is 9.76 Å². The van der Waals surface area contributed by atoms with Crippen LogP contribution in [0.25, 0.3) is 0 Å². The molecule has 0 aromatic heterocycles. The maximum absolute atomic E-state index is 8.35. The number of carbonyl (C=O) groups excluding carboxylic acids is 2. The highest BCUT2D eigenvalue weighted by Crippen LogP contribution is 2.01. The van der Waals surface area contributed by atoms with Gasteiger partial charge in [0.05, 0.1) is 0 Å². The van der Waals surface area contributed by atoms with E-state index >= 15 is 0 Å². The van der Waals surface area contributed by atoms with E-state index in [0.29, 0.717) is 0 Å². The highest BCUT2D eigenvalue weighted by molar-refractivity contribution is 6.27. The summed E-state index contributed by atoms with van der Waals surface area (Å²) >= 11 is 0. The van der Waals surface area contributed by atoms with Gasteiger partial charge in [0, 0.05) is 6.61 Å². The zero-order valence-corrected chi connectivity index (χ0v) is 8.17. The van der Waals surface area contributed by atoms with Crippen LogP contribution in [-0.4, -0.2) is 28.5 Å². The molecule has 1 aliphatic heterocycles. The van der Waals surface area contributed by atoms with Crippen LogP contribution < -0.4 is 0 Å². The van der Waals surface area contributed by atoms with Gasteiger partial charge in [-0.25, -0.2) is 20.4 Å². The molecule has 1 fully saturated rings. The van der Waals surface area contributed by atoms with Crippen LogP contribution in [-0.2, 0) is 14.0 Å². The normalized spacial score (nSPS) is 15.3. The Morgan fingerprint density at radius 2 is 1.67 bits per heavy atom. The SMILES string of the molecule is C1CC[SiH2]OC1.N=C=O.N=C=O. The molecule has 68 valence electrons. The van der Waals surface area contributed by atoms with Gasteiger partial charge in [-0.15, -0.1) is 0 Å². The molecule has 5 nitrogen and oxygen atoms in total. The van der Waals surface area contributed by atoms with Crippen LogP contribution in [0.4, 0.5) is 0 Å². The molecule has 1 heterocycles. The molecule has 0 aromatic rings. The first-order chi connectivity index (χ1) is 5.83. The molecule has 1 rings (SSSR count). The number of hydrogen-bond donors (Lipinski definition) is 2. The molecule has 0 atom stereocenters. The van der Waals surface area contributed by atoms with Crippen molar-refractivity contribution in [2.45, 2.75) is 18.9 Å². The molecule has 0 aromatic carbocycles. The first-order valence-corrected chi connectivity index (χ1v) is 5.06. The Hall–Kier alpha value is -1.06. The van der Waals surface area contributed by atoms with Crippen molar-refractivity contribution in [3.63, 3.8) is 0 Å². The van der Waals surface area contributed by atoms with E-state index in [0.717, 1.165) is 18.8 Å². The monoisotopic (exact) mass is 188 g/mol. The fourth-order valence-corrected chi connectivity index (χ4v) is 1.86. The van der Waals surface area contributed by atoms with Crippen LogP contribution in [0.2, 0.25) is 6.04 Å². The van der Waals surface area contributed by atoms with Gasteiger partial charge >= 0.3 is 0 Å². The minimum absolute atomic E-state index is 0.00849. The predicted molar refractivity (Wildman–Crippen MR) is 45.4 cm³/mol. The maximum atomic E-state index is 8.35. The van der Waals surface area contributed by atoms with Gasteiger partial charge in [0.25, 0.3) is 0 Å². The lowest BCUT2D eigenvalue weighted by Crippen LogP contribution is -2.06. The van der Waals surface area contributed by atoms with Crippen molar-refractivity contribution in [2.75, 3.05) is 6.61 Å². The lowest BCUT2D eigenvalue weighted by Gasteiger charge is -2.07. The summed E-state index contributed by atoms with van der Waals surface area (Å²) in [4.78, 5) is 16.7. The van der Waals surface area contributed by atoms with Crippen LogP contribution in [0, 0.1) is 10.8 Å². The fourth-order valence-electron chi connectivity index (χ4n) is 0.687. The lowest BCUT2D eigenvalue weighted by molar-refractivity contribution is 0.304.